The first-order valence-electron chi connectivity index (χ1n) is 5.04. The van der Waals surface area contributed by atoms with E-state index in [1.165, 1.54) is 6.08 Å². The van der Waals surface area contributed by atoms with Gasteiger partial charge >= 0.3 is 5.97 Å². The zero-order valence-electron chi connectivity index (χ0n) is 9.35. The first-order valence-corrected chi connectivity index (χ1v) is 6.58. The van der Waals surface area contributed by atoms with Gasteiger partial charge in [-0.2, -0.15) is 4.72 Å². The predicted octanol–water partition coefficient (Wildman–Crippen LogP) is 0.0222. The number of benzene rings is 1. The van der Waals surface area contributed by atoms with Crippen LogP contribution < -0.4 is 4.72 Å². The van der Waals surface area contributed by atoms with Gasteiger partial charge in [-0.3, -0.25) is 4.79 Å². The van der Waals surface area contributed by atoms with Crippen molar-refractivity contribution < 1.29 is 23.4 Å². The molecule has 0 spiro atoms. The van der Waals surface area contributed by atoms with E-state index in [-0.39, 0.29) is 0 Å². The fourth-order valence-electron chi connectivity index (χ4n) is 1.14. The molecule has 0 aliphatic heterocycles. The molecule has 0 amide bonds. The second-order valence-electron chi connectivity index (χ2n) is 3.45. The van der Waals surface area contributed by atoms with Gasteiger partial charge in [0, 0.05) is 5.41 Å². The molecule has 1 rings (SSSR count). The lowest BCUT2D eigenvalue weighted by Crippen LogP contribution is -2.42. The summed E-state index contributed by atoms with van der Waals surface area (Å²) >= 11 is 0. The lowest BCUT2D eigenvalue weighted by Gasteiger charge is -2.09. The Balaban J connectivity index is 2.77. The number of nitrogens with one attached hydrogen (secondary N) is 1. The standard InChI is InChI=1S/C11H13NO5S/c13-8-10(11(14)15)12-18(16,17)7-6-9-4-2-1-3-5-9/h1-7,10,12-13H,8H2,(H,14,15)/b7-6+. The van der Waals surface area contributed by atoms with E-state index in [0.29, 0.717) is 5.56 Å². The van der Waals surface area contributed by atoms with Crippen molar-refractivity contribution in [1.82, 2.24) is 4.72 Å². The molecule has 0 aliphatic rings. The molecule has 1 atom stereocenters. The van der Waals surface area contributed by atoms with Crippen molar-refractivity contribution in [3.05, 3.63) is 41.3 Å². The van der Waals surface area contributed by atoms with Crippen LogP contribution in [0.2, 0.25) is 0 Å². The Bertz CT molecular complexity index is 524. The lowest BCUT2D eigenvalue weighted by atomic mass is 10.2. The number of rotatable bonds is 6. The Labute approximate surface area is 105 Å². The maximum Gasteiger partial charge on any atom is 0.324 e. The maximum absolute atomic E-state index is 11.5. The molecular formula is C11H13NO5S. The second-order valence-corrected chi connectivity index (χ2v) is 5.05. The molecule has 0 heterocycles. The zero-order valence-corrected chi connectivity index (χ0v) is 10.2. The smallest absolute Gasteiger partial charge is 0.324 e. The van der Waals surface area contributed by atoms with Crippen LogP contribution in [0.25, 0.3) is 6.08 Å². The monoisotopic (exact) mass is 271 g/mol. The van der Waals surface area contributed by atoms with Crippen LogP contribution in [0.5, 0.6) is 0 Å². The van der Waals surface area contributed by atoms with Crippen molar-refractivity contribution in [1.29, 1.82) is 0 Å². The van der Waals surface area contributed by atoms with Crippen LogP contribution in [0, 0.1) is 0 Å². The van der Waals surface area contributed by atoms with Crippen molar-refractivity contribution in [2.45, 2.75) is 6.04 Å². The number of carboxylic acid groups (broad SMARTS) is 1. The highest BCUT2D eigenvalue weighted by Crippen LogP contribution is 2.03. The number of aliphatic hydroxyl groups is 1. The fourth-order valence-corrected chi connectivity index (χ4v) is 2.12. The average molecular weight is 271 g/mol. The molecule has 0 saturated carbocycles. The summed E-state index contributed by atoms with van der Waals surface area (Å²) in [5.41, 5.74) is 0.666. The number of carboxylic acids is 1. The second kappa shape index (κ2) is 6.29. The molecule has 0 saturated heterocycles. The predicted molar refractivity (Wildman–Crippen MR) is 66.0 cm³/mol. The van der Waals surface area contributed by atoms with Crippen LogP contribution in [0.1, 0.15) is 5.56 Å². The van der Waals surface area contributed by atoms with Gasteiger partial charge in [0.1, 0.15) is 6.04 Å². The fraction of sp³-hybridized carbons (Fsp3) is 0.182. The largest absolute Gasteiger partial charge is 0.480 e. The van der Waals surface area contributed by atoms with Gasteiger partial charge in [0.05, 0.1) is 6.61 Å². The van der Waals surface area contributed by atoms with Crippen molar-refractivity contribution in [2.75, 3.05) is 6.61 Å². The molecule has 1 unspecified atom stereocenters. The summed E-state index contributed by atoms with van der Waals surface area (Å²) in [5.74, 6) is -1.44. The molecule has 7 heteroatoms. The van der Waals surface area contributed by atoms with E-state index in [4.69, 9.17) is 10.2 Å². The SMILES string of the molecule is O=C(O)C(CO)NS(=O)(=O)/C=C/c1ccccc1. The Morgan fingerprint density at radius 3 is 2.44 bits per heavy atom. The third kappa shape index (κ3) is 4.66. The topological polar surface area (TPSA) is 104 Å². The van der Waals surface area contributed by atoms with Gasteiger partial charge in [0.25, 0.3) is 0 Å². The van der Waals surface area contributed by atoms with Gasteiger partial charge in [0.2, 0.25) is 10.0 Å². The summed E-state index contributed by atoms with van der Waals surface area (Å²) in [4.78, 5) is 10.6. The molecule has 98 valence electrons. The van der Waals surface area contributed by atoms with E-state index in [1.54, 1.807) is 30.3 Å². The van der Waals surface area contributed by atoms with Gasteiger partial charge in [-0.1, -0.05) is 30.3 Å². The van der Waals surface area contributed by atoms with E-state index in [2.05, 4.69) is 0 Å². The molecule has 0 aliphatic carbocycles. The van der Waals surface area contributed by atoms with Crippen LogP contribution in [0.4, 0.5) is 0 Å². The molecule has 0 bridgehead atoms. The summed E-state index contributed by atoms with van der Waals surface area (Å²) in [7, 11) is -3.91. The van der Waals surface area contributed by atoms with Crippen molar-refractivity contribution in [3.8, 4) is 0 Å². The van der Waals surface area contributed by atoms with Crippen molar-refractivity contribution in [2.24, 2.45) is 0 Å². The highest BCUT2D eigenvalue weighted by molar-refractivity contribution is 7.92. The van der Waals surface area contributed by atoms with Gasteiger partial charge < -0.3 is 10.2 Å². The number of carbonyl (C=O) groups is 1. The van der Waals surface area contributed by atoms with E-state index >= 15 is 0 Å². The van der Waals surface area contributed by atoms with Crippen molar-refractivity contribution >= 4 is 22.1 Å². The van der Waals surface area contributed by atoms with E-state index in [0.717, 1.165) is 5.41 Å². The third-order valence-electron chi connectivity index (χ3n) is 2.03. The molecule has 0 radical (unpaired) electrons. The van der Waals surface area contributed by atoms with Gasteiger partial charge in [-0.15, -0.1) is 0 Å². The minimum absolute atomic E-state index is 0.666. The molecule has 3 N–H and O–H groups in total. The van der Waals surface area contributed by atoms with Crippen LogP contribution >= 0.6 is 0 Å². The molecule has 0 fully saturated rings. The quantitative estimate of drug-likeness (QED) is 0.677. The minimum atomic E-state index is -3.91. The summed E-state index contributed by atoms with van der Waals surface area (Å²) in [6, 6.07) is 7.13. The normalized spacial score (nSPS) is 13.6. The first kappa shape index (κ1) is 14.4. The number of hydrogen-bond donors (Lipinski definition) is 3. The van der Waals surface area contributed by atoms with Gasteiger partial charge in [-0.25, -0.2) is 8.42 Å². The maximum atomic E-state index is 11.5. The van der Waals surface area contributed by atoms with E-state index in [9.17, 15) is 13.2 Å². The zero-order chi connectivity index (χ0) is 13.6. The molecule has 1 aromatic carbocycles. The highest BCUT2D eigenvalue weighted by atomic mass is 32.2. The number of aliphatic carboxylic acids is 1. The van der Waals surface area contributed by atoms with Crippen LogP contribution in [-0.4, -0.2) is 37.2 Å². The third-order valence-corrected chi connectivity index (χ3v) is 3.13. The molecular weight excluding hydrogens is 258 g/mol. The minimum Gasteiger partial charge on any atom is -0.480 e. The van der Waals surface area contributed by atoms with Gasteiger partial charge in [0.15, 0.2) is 0 Å². The summed E-state index contributed by atoms with van der Waals surface area (Å²) in [6.45, 7) is -0.812. The summed E-state index contributed by atoms with van der Waals surface area (Å²) < 4.78 is 24.9. The highest BCUT2D eigenvalue weighted by Gasteiger charge is 2.21. The Morgan fingerprint density at radius 2 is 1.94 bits per heavy atom. The first-order chi connectivity index (χ1) is 8.44. The Hall–Kier alpha value is -1.70. The van der Waals surface area contributed by atoms with Gasteiger partial charge in [-0.05, 0) is 11.6 Å². The van der Waals surface area contributed by atoms with E-state index < -0.39 is 28.6 Å². The number of hydrogen-bond acceptors (Lipinski definition) is 4. The molecule has 18 heavy (non-hydrogen) atoms. The molecule has 1 aromatic rings. The van der Waals surface area contributed by atoms with Crippen LogP contribution in [0.3, 0.4) is 0 Å². The lowest BCUT2D eigenvalue weighted by molar-refractivity contribution is -0.139. The van der Waals surface area contributed by atoms with E-state index in [1.807, 2.05) is 4.72 Å². The number of aliphatic hydroxyl groups excluding tert-OH is 1. The average Bonchev–Trinajstić information content (AvgIpc) is 2.35. The molecule has 0 aromatic heterocycles. The van der Waals surface area contributed by atoms with Crippen LogP contribution in [-0.2, 0) is 14.8 Å². The summed E-state index contributed by atoms with van der Waals surface area (Å²) in [6.07, 6.45) is 1.33. The Morgan fingerprint density at radius 1 is 1.33 bits per heavy atom. The van der Waals surface area contributed by atoms with Crippen LogP contribution in [0.15, 0.2) is 35.7 Å². The molecule has 6 nitrogen and oxygen atoms in total. The van der Waals surface area contributed by atoms with Crippen molar-refractivity contribution in [3.63, 3.8) is 0 Å². The number of sulfonamides is 1. The Kier molecular flexibility index (Phi) is 5.02. The summed E-state index contributed by atoms with van der Waals surface area (Å²) in [5, 5.41) is 18.2.